The lowest BCUT2D eigenvalue weighted by molar-refractivity contribution is -0.144. The second-order valence-corrected chi connectivity index (χ2v) is 9.68. The number of benzene rings is 1. The lowest BCUT2D eigenvalue weighted by atomic mass is 10.1. The lowest BCUT2D eigenvalue weighted by Gasteiger charge is -2.35. The van der Waals surface area contributed by atoms with E-state index < -0.39 is 17.0 Å². The first kappa shape index (κ1) is 22.7. The average molecular weight is 439 g/mol. The number of piperazine rings is 1. The summed E-state index contributed by atoms with van der Waals surface area (Å²) in [6.07, 6.45) is 0.981. The molecule has 166 valence electrons. The van der Waals surface area contributed by atoms with Crippen LogP contribution in [0, 0.1) is 12.3 Å². The molecule has 1 saturated heterocycles. The van der Waals surface area contributed by atoms with Gasteiger partial charge >= 0.3 is 12.1 Å². The average Bonchev–Trinajstić information content (AvgIpc) is 3.45. The van der Waals surface area contributed by atoms with E-state index in [1.54, 1.807) is 4.90 Å². The Morgan fingerprint density at radius 3 is 2.33 bits per heavy atom. The minimum Gasteiger partial charge on any atom is -0.490 e. The van der Waals surface area contributed by atoms with Crippen LogP contribution in [0.4, 0.5) is 4.79 Å². The van der Waals surface area contributed by atoms with Gasteiger partial charge in [0.2, 0.25) is 0 Å². The molecule has 2 fully saturated rings. The number of ether oxygens (including phenoxy) is 2. The van der Waals surface area contributed by atoms with Gasteiger partial charge in [-0.2, -0.15) is 0 Å². The second-order valence-electron chi connectivity index (χ2n) is 9.30. The normalized spacial score (nSPS) is 18.8. The summed E-state index contributed by atoms with van der Waals surface area (Å²) in [7, 11) is 0. The molecule has 1 saturated carbocycles. The van der Waals surface area contributed by atoms with Crippen LogP contribution in [0.25, 0.3) is 0 Å². The summed E-state index contributed by atoms with van der Waals surface area (Å²) in [4.78, 5) is 27.7. The number of hydrogen-bond acceptors (Lipinski definition) is 5. The zero-order valence-corrected chi connectivity index (χ0v) is 18.9. The summed E-state index contributed by atoms with van der Waals surface area (Å²) in [6.45, 7) is 10.8. The summed E-state index contributed by atoms with van der Waals surface area (Å²) < 4.78 is 11.4. The highest BCUT2D eigenvalue weighted by atomic mass is 35.5. The van der Waals surface area contributed by atoms with Crippen molar-refractivity contribution in [2.45, 2.75) is 52.7 Å². The quantitative estimate of drug-likeness (QED) is 0.724. The molecule has 0 unspecified atom stereocenters. The highest BCUT2D eigenvalue weighted by Crippen LogP contribution is 2.47. The van der Waals surface area contributed by atoms with Crippen LogP contribution >= 0.6 is 11.6 Å². The molecule has 1 aromatic rings. The van der Waals surface area contributed by atoms with Gasteiger partial charge in [-0.1, -0.05) is 23.7 Å². The fourth-order valence-electron chi connectivity index (χ4n) is 3.41. The van der Waals surface area contributed by atoms with Gasteiger partial charge in [0.25, 0.3) is 0 Å². The topological polar surface area (TPSA) is 79.3 Å². The van der Waals surface area contributed by atoms with Crippen LogP contribution in [-0.2, 0) is 16.1 Å². The van der Waals surface area contributed by atoms with Gasteiger partial charge in [0.15, 0.2) is 0 Å². The van der Waals surface area contributed by atoms with Crippen LogP contribution in [-0.4, -0.2) is 65.4 Å². The van der Waals surface area contributed by atoms with Crippen LogP contribution in [0.15, 0.2) is 12.1 Å². The van der Waals surface area contributed by atoms with Gasteiger partial charge in [0, 0.05) is 38.3 Å². The first-order valence-corrected chi connectivity index (χ1v) is 10.7. The monoisotopic (exact) mass is 438 g/mol. The van der Waals surface area contributed by atoms with Gasteiger partial charge in [-0.25, -0.2) is 4.79 Å². The highest BCUT2D eigenvalue weighted by Gasteiger charge is 2.51. The zero-order valence-electron chi connectivity index (χ0n) is 18.2. The van der Waals surface area contributed by atoms with E-state index in [4.69, 9.17) is 21.1 Å². The van der Waals surface area contributed by atoms with Crippen molar-refractivity contribution in [2.24, 2.45) is 5.41 Å². The number of carbonyl (C=O) groups excluding carboxylic acids is 1. The van der Waals surface area contributed by atoms with Gasteiger partial charge in [-0.3, -0.25) is 9.69 Å². The van der Waals surface area contributed by atoms with Crippen LogP contribution in [0.5, 0.6) is 5.75 Å². The van der Waals surface area contributed by atoms with Crippen LogP contribution in [0.3, 0.4) is 0 Å². The number of halogens is 1. The minimum absolute atomic E-state index is 0.130. The molecule has 1 amide bonds. The fraction of sp³-hybridized carbons (Fsp3) is 0.636. The van der Waals surface area contributed by atoms with Crippen LogP contribution in [0.2, 0.25) is 5.02 Å². The molecule has 2 aliphatic rings. The smallest absolute Gasteiger partial charge is 0.410 e. The maximum atomic E-state index is 12.3. The molecule has 0 radical (unpaired) electrons. The minimum atomic E-state index is -0.814. The van der Waals surface area contributed by atoms with E-state index >= 15 is 0 Å². The number of hydrogen-bond donors (Lipinski definition) is 1. The number of aliphatic carboxylic acids is 1. The van der Waals surface area contributed by atoms with Crippen molar-refractivity contribution < 1.29 is 24.2 Å². The van der Waals surface area contributed by atoms with Crippen molar-refractivity contribution >= 4 is 23.7 Å². The molecule has 3 rings (SSSR count). The van der Waals surface area contributed by atoms with Gasteiger partial charge in [0.1, 0.15) is 23.4 Å². The standard InChI is InChI=1S/C22H31ClN2O5/c1-15-5-6-16(18(17(15)23)29-14-22(7-8-22)19(26)27)13-24-9-11-25(12-10-24)20(28)30-21(2,3)4/h5-6H,7-14H2,1-4H3,(H,26,27). The summed E-state index contributed by atoms with van der Waals surface area (Å²) in [5.74, 6) is -0.246. The largest absolute Gasteiger partial charge is 0.490 e. The van der Waals surface area contributed by atoms with E-state index in [0.717, 1.165) is 11.1 Å². The molecule has 1 aromatic carbocycles. The van der Waals surface area contributed by atoms with Crippen molar-refractivity contribution in [1.29, 1.82) is 0 Å². The van der Waals surface area contributed by atoms with Crippen molar-refractivity contribution in [1.82, 2.24) is 9.80 Å². The van der Waals surface area contributed by atoms with Gasteiger partial charge in [0.05, 0.1) is 5.02 Å². The third-order valence-electron chi connectivity index (χ3n) is 5.59. The third kappa shape index (κ3) is 5.38. The second kappa shape index (κ2) is 8.63. The molecule has 30 heavy (non-hydrogen) atoms. The van der Waals surface area contributed by atoms with E-state index in [9.17, 15) is 14.7 Å². The summed E-state index contributed by atoms with van der Waals surface area (Å²) in [5, 5.41) is 9.94. The van der Waals surface area contributed by atoms with Crippen LogP contribution in [0.1, 0.15) is 44.7 Å². The molecule has 0 aromatic heterocycles. The van der Waals surface area contributed by atoms with E-state index in [0.29, 0.717) is 56.3 Å². The van der Waals surface area contributed by atoms with E-state index in [2.05, 4.69) is 4.90 Å². The van der Waals surface area contributed by atoms with E-state index in [-0.39, 0.29) is 12.7 Å². The number of nitrogens with zero attached hydrogens (tertiary/aromatic N) is 2. The molecule has 1 aliphatic heterocycles. The predicted octanol–water partition coefficient (Wildman–Crippen LogP) is 3.94. The Kier molecular flexibility index (Phi) is 6.53. The Labute approximate surface area is 182 Å². The van der Waals surface area contributed by atoms with Gasteiger partial charge in [-0.05, 0) is 46.1 Å². The molecule has 1 heterocycles. The first-order chi connectivity index (χ1) is 14.0. The summed E-state index contributed by atoms with van der Waals surface area (Å²) >= 11 is 6.51. The van der Waals surface area contributed by atoms with Crippen molar-refractivity contribution in [3.05, 3.63) is 28.3 Å². The number of carboxylic acids is 1. The SMILES string of the molecule is Cc1ccc(CN2CCN(C(=O)OC(C)(C)C)CC2)c(OCC2(C(=O)O)CC2)c1Cl. The molecular weight excluding hydrogens is 408 g/mol. The summed E-state index contributed by atoms with van der Waals surface area (Å²) in [5.41, 5.74) is 0.542. The lowest BCUT2D eigenvalue weighted by Crippen LogP contribution is -2.49. The fourth-order valence-corrected chi connectivity index (χ4v) is 3.65. The zero-order chi connectivity index (χ0) is 22.1. The highest BCUT2D eigenvalue weighted by molar-refractivity contribution is 6.32. The van der Waals surface area contributed by atoms with E-state index in [1.807, 2.05) is 39.8 Å². The number of carboxylic acid groups (broad SMARTS) is 1. The molecule has 0 bridgehead atoms. The molecule has 8 heteroatoms. The third-order valence-corrected chi connectivity index (χ3v) is 6.06. The molecular formula is C22H31ClN2O5. The molecule has 0 spiro atoms. The van der Waals surface area contributed by atoms with Gasteiger partial charge in [-0.15, -0.1) is 0 Å². The Morgan fingerprint density at radius 2 is 1.80 bits per heavy atom. The summed E-state index contributed by atoms with van der Waals surface area (Å²) in [6, 6.07) is 3.93. The maximum absolute atomic E-state index is 12.3. The Morgan fingerprint density at radius 1 is 1.17 bits per heavy atom. The van der Waals surface area contributed by atoms with Crippen molar-refractivity contribution in [2.75, 3.05) is 32.8 Å². The van der Waals surface area contributed by atoms with Crippen LogP contribution < -0.4 is 4.74 Å². The Bertz CT molecular complexity index is 808. The molecule has 1 aliphatic carbocycles. The number of amides is 1. The number of carbonyl (C=O) groups is 2. The first-order valence-electron chi connectivity index (χ1n) is 10.4. The number of aryl methyl sites for hydroxylation is 1. The Balaban J connectivity index is 1.62. The molecule has 7 nitrogen and oxygen atoms in total. The maximum Gasteiger partial charge on any atom is 0.410 e. The van der Waals surface area contributed by atoms with E-state index in [1.165, 1.54) is 0 Å². The molecule has 1 N–H and O–H groups in total. The van der Waals surface area contributed by atoms with Crippen molar-refractivity contribution in [3.8, 4) is 5.75 Å². The molecule has 0 atom stereocenters. The van der Waals surface area contributed by atoms with Gasteiger partial charge < -0.3 is 19.5 Å². The van der Waals surface area contributed by atoms with Crippen molar-refractivity contribution in [3.63, 3.8) is 0 Å². The predicted molar refractivity (Wildman–Crippen MR) is 114 cm³/mol. The number of rotatable bonds is 6. The Hall–Kier alpha value is -1.99.